The average molecular weight is 580 g/mol. The van der Waals surface area contributed by atoms with Crippen LogP contribution < -0.4 is 4.90 Å². The van der Waals surface area contributed by atoms with E-state index >= 15 is 0 Å². The van der Waals surface area contributed by atoms with E-state index in [1.165, 1.54) is 6.33 Å². The number of halogens is 1. The zero-order chi connectivity index (χ0) is 29.1. The number of rotatable bonds is 4. The van der Waals surface area contributed by atoms with Crippen molar-refractivity contribution in [3.63, 3.8) is 0 Å². The molecule has 1 spiro atoms. The number of aliphatic hydroxyl groups is 1. The van der Waals surface area contributed by atoms with Crippen LogP contribution in [0.25, 0.3) is 5.76 Å². The smallest absolute Gasteiger partial charge is 0.410 e. The Morgan fingerprint density at radius 1 is 1.05 bits per heavy atom. The number of piperazine rings is 1. The van der Waals surface area contributed by atoms with Crippen molar-refractivity contribution in [2.75, 3.05) is 37.6 Å². The first kappa shape index (κ1) is 27.8. The number of hydrogen-bond donors (Lipinski definition) is 1. The minimum atomic E-state index is -0.623. The number of carbonyl (C=O) groups excluding carboxylic acids is 2. The number of aromatic nitrogens is 2. The fourth-order valence-electron chi connectivity index (χ4n) is 6.85. The Labute approximate surface area is 246 Å². The lowest BCUT2D eigenvalue weighted by atomic mass is 9.81. The van der Waals surface area contributed by atoms with Gasteiger partial charge in [-0.2, -0.15) is 0 Å². The van der Waals surface area contributed by atoms with Crippen LogP contribution in [0.2, 0.25) is 5.02 Å². The molecular weight excluding hydrogens is 542 g/mol. The maximum Gasteiger partial charge on any atom is 0.410 e. The van der Waals surface area contributed by atoms with Gasteiger partial charge in [-0.25, -0.2) is 14.8 Å². The number of aliphatic hydroxyl groups excluding tert-OH is 1. The number of benzene rings is 1. The Morgan fingerprint density at radius 3 is 2.37 bits per heavy atom. The molecule has 0 unspecified atom stereocenters. The number of amides is 2. The van der Waals surface area contributed by atoms with Crippen LogP contribution in [0.3, 0.4) is 0 Å². The van der Waals surface area contributed by atoms with E-state index in [2.05, 4.69) is 14.9 Å². The van der Waals surface area contributed by atoms with Crippen molar-refractivity contribution >= 4 is 35.2 Å². The maximum atomic E-state index is 14.5. The molecule has 1 aromatic heterocycles. The van der Waals surface area contributed by atoms with Gasteiger partial charge in [0, 0.05) is 49.2 Å². The third kappa shape index (κ3) is 5.13. The number of allylic oxidation sites excluding steroid dienone is 1. The lowest BCUT2D eigenvalue weighted by Gasteiger charge is -2.41. The number of likely N-dealkylation sites (tertiary alicyclic amines) is 1. The van der Waals surface area contributed by atoms with Gasteiger partial charge in [0.05, 0.1) is 12.0 Å². The maximum absolute atomic E-state index is 14.5. The zero-order valence-electron chi connectivity index (χ0n) is 24.1. The van der Waals surface area contributed by atoms with Gasteiger partial charge in [0.1, 0.15) is 29.2 Å². The molecule has 4 aliphatic rings. The highest BCUT2D eigenvalue weighted by molar-refractivity contribution is 6.30. The van der Waals surface area contributed by atoms with Gasteiger partial charge in [0.2, 0.25) is 5.91 Å². The molecule has 2 aliphatic carbocycles. The standard InChI is InChI=1S/C31H38ClN5O4/c1-19-17-22(38)25-23(19)27(34-18-33-25)35-13-15-36(16-14-35)28(39)24(20-5-7-21(32)8-6-20)26-31(9-10-31)11-12-37(26)29(40)41-30(2,3)4/h5-8,17-19,24,26,38H,9-16H2,1-4H3/t19-,24+,26-/m1/s1. The van der Waals surface area contributed by atoms with Crippen molar-refractivity contribution in [2.24, 2.45) is 5.41 Å². The molecule has 3 heterocycles. The second-order valence-corrected chi connectivity index (χ2v) is 13.3. The molecule has 1 saturated carbocycles. The van der Waals surface area contributed by atoms with E-state index in [0.717, 1.165) is 36.2 Å². The largest absolute Gasteiger partial charge is 0.506 e. The number of ether oxygens (including phenoxy) is 1. The van der Waals surface area contributed by atoms with Gasteiger partial charge in [0.25, 0.3) is 0 Å². The number of hydrogen-bond acceptors (Lipinski definition) is 7. The van der Waals surface area contributed by atoms with Crippen LogP contribution in [0.4, 0.5) is 10.6 Å². The lowest BCUT2D eigenvalue weighted by molar-refractivity contribution is -0.135. The molecule has 2 saturated heterocycles. The van der Waals surface area contributed by atoms with Crippen molar-refractivity contribution in [3.05, 3.63) is 58.5 Å². The van der Waals surface area contributed by atoms with Crippen molar-refractivity contribution in [3.8, 4) is 0 Å². The van der Waals surface area contributed by atoms with Crippen molar-refractivity contribution in [2.45, 2.75) is 70.4 Å². The second kappa shape index (κ2) is 10.2. The molecule has 9 nitrogen and oxygen atoms in total. The highest BCUT2D eigenvalue weighted by Gasteiger charge is 2.61. The van der Waals surface area contributed by atoms with Crippen molar-refractivity contribution < 1.29 is 19.4 Å². The first-order valence-corrected chi connectivity index (χ1v) is 14.9. The molecule has 2 amide bonds. The molecule has 1 N–H and O–H groups in total. The van der Waals surface area contributed by atoms with Gasteiger partial charge in [-0.15, -0.1) is 0 Å². The minimum absolute atomic E-state index is 0.0195. The van der Waals surface area contributed by atoms with Gasteiger partial charge in [-0.3, -0.25) is 4.79 Å². The molecule has 2 aromatic rings. The van der Waals surface area contributed by atoms with E-state index in [1.807, 2.05) is 61.8 Å². The van der Waals surface area contributed by atoms with Crippen molar-refractivity contribution in [1.29, 1.82) is 0 Å². The van der Waals surface area contributed by atoms with Crippen LogP contribution >= 0.6 is 11.6 Å². The van der Waals surface area contributed by atoms with Gasteiger partial charge in [-0.05, 0) is 69.2 Å². The first-order chi connectivity index (χ1) is 19.5. The van der Waals surface area contributed by atoms with Crippen LogP contribution in [0, 0.1) is 5.41 Å². The Kier molecular flexibility index (Phi) is 6.91. The van der Waals surface area contributed by atoms with Gasteiger partial charge < -0.3 is 24.5 Å². The molecule has 2 aliphatic heterocycles. The molecule has 3 fully saturated rings. The second-order valence-electron chi connectivity index (χ2n) is 12.9. The zero-order valence-corrected chi connectivity index (χ0v) is 24.9. The predicted molar refractivity (Wildman–Crippen MR) is 157 cm³/mol. The molecule has 0 bridgehead atoms. The molecule has 6 rings (SSSR count). The van der Waals surface area contributed by atoms with Crippen LogP contribution in [0.1, 0.15) is 75.6 Å². The molecule has 41 heavy (non-hydrogen) atoms. The average Bonchev–Trinajstić information content (AvgIpc) is 3.53. The fourth-order valence-corrected chi connectivity index (χ4v) is 6.98. The third-order valence-corrected chi connectivity index (χ3v) is 9.26. The van der Waals surface area contributed by atoms with Gasteiger partial charge in [-0.1, -0.05) is 30.7 Å². The lowest BCUT2D eigenvalue weighted by Crippen LogP contribution is -2.54. The monoisotopic (exact) mass is 579 g/mol. The van der Waals surface area contributed by atoms with Gasteiger partial charge >= 0.3 is 6.09 Å². The molecular formula is C31H38ClN5O4. The summed E-state index contributed by atoms with van der Waals surface area (Å²) in [6, 6.07) is 7.22. The van der Waals surface area contributed by atoms with Crippen LogP contribution in [-0.4, -0.2) is 81.2 Å². The highest BCUT2D eigenvalue weighted by Crippen LogP contribution is 2.60. The van der Waals surface area contributed by atoms with Crippen molar-refractivity contribution in [1.82, 2.24) is 19.8 Å². The summed E-state index contributed by atoms with van der Waals surface area (Å²) in [7, 11) is 0. The van der Waals surface area contributed by atoms with Crippen LogP contribution in [0.15, 0.2) is 36.7 Å². The Bertz CT molecular complexity index is 1380. The summed E-state index contributed by atoms with van der Waals surface area (Å²) in [6.45, 7) is 10.5. The minimum Gasteiger partial charge on any atom is -0.506 e. The van der Waals surface area contributed by atoms with E-state index in [1.54, 1.807) is 6.08 Å². The topological polar surface area (TPSA) is 99.1 Å². The quantitative estimate of drug-likeness (QED) is 0.520. The summed E-state index contributed by atoms with van der Waals surface area (Å²) >= 11 is 6.24. The molecule has 218 valence electrons. The Balaban J connectivity index is 1.27. The number of anilines is 1. The number of fused-ring (bicyclic) bond motifs is 1. The number of nitrogens with zero attached hydrogens (tertiary/aromatic N) is 5. The van der Waals surface area contributed by atoms with Crippen LogP contribution in [0.5, 0.6) is 0 Å². The number of carbonyl (C=O) groups is 2. The molecule has 0 radical (unpaired) electrons. The van der Waals surface area contributed by atoms with E-state index in [0.29, 0.717) is 43.4 Å². The highest BCUT2D eigenvalue weighted by atomic mass is 35.5. The SMILES string of the molecule is C[C@@H]1C=C(O)c2ncnc(N3CCN(C(=O)[C@@H](c4ccc(Cl)cc4)[C@H]4N(C(=O)OC(C)(C)C)CCC45CC5)CC3)c21. The van der Waals surface area contributed by atoms with Crippen LogP contribution in [-0.2, 0) is 9.53 Å². The summed E-state index contributed by atoms with van der Waals surface area (Å²) in [4.78, 5) is 42.7. The summed E-state index contributed by atoms with van der Waals surface area (Å²) in [5.74, 6) is 0.537. The molecule has 1 aromatic carbocycles. The van der Waals surface area contributed by atoms with E-state index < -0.39 is 11.5 Å². The summed E-state index contributed by atoms with van der Waals surface area (Å²) in [5, 5.41) is 10.9. The fraction of sp³-hybridized carbons (Fsp3) is 0.548. The predicted octanol–water partition coefficient (Wildman–Crippen LogP) is 5.37. The first-order valence-electron chi connectivity index (χ1n) is 14.5. The molecule has 3 atom stereocenters. The van der Waals surface area contributed by atoms with E-state index in [9.17, 15) is 14.7 Å². The van der Waals surface area contributed by atoms with E-state index in [-0.39, 0.29) is 35.1 Å². The summed E-state index contributed by atoms with van der Waals surface area (Å²) in [5.41, 5.74) is 1.70. The third-order valence-electron chi connectivity index (χ3n) is 9.00. The molecule has 10 heteroatoms. The summed E-state index contributed by atoms with van der Waals surface area (Å²) < 4.78 is 5.82. The summed E-state index contributed by atoms with van der Waals surface area (Å²) in [6.07, 6.45) is 5.81. The normalized spacial score (nSPS) is 23.8. The Morgan fingerprint density at radius 2 is 1.73 bits per heavy atom. The Hall–Kier alpha value is -3.33. The van der Waals surface area contributed by atoms with E-state index in [4.69, 9.17) is 16.3 Å². The van der Waals surface area contributed by atoms with Gasteiger partial charge in [0.15, 0.2) is 0 Å².